The van der Waals surface area contributed by atoms with Crippen molar-refractivity contribution in [1.29, 1.82) is 0 Å². The molecule has 0 radical (unpaired) electrons. The molecule has 1 saturated carbocycles. The molecule has 0 atom stereocenters. The van der Waals surface area contributed by atoms with Gasteiger partial charge in [0.25, 0.3) is 0 Å². The summed E-state index contributed by atoms with van der Waals surface area (Å²) in [5, 5.41) is 1.19. The Morgan fingerprint density at radius 3 is 2.40 bits per heavy atom. The van der Waals surface area contributed by atoms with Crippen LogP contribution in [0.1, 0.15) is 44.9 Å². The molecule has 60 valence electrons. The van der Waals surface area contributed by atoms with E-state index in [1.54, 1.807) is 0 Å². The summed E-state index contributed by atoms with van der Waals surface area (Å²) in [6.07, 6.45) is 10.3. The van der Waals surface area contributed by atoms with Crippen LogP contribution in [-0.2, 0) is 0 Å². The molecular weight excluding hydrogens is 188 g/mol. The highest BCUT2D eigenvalue weighted by atomic mass is 79.9. The summed E-state index contributed by atoms with van der Waals surface area (Å²) in [6, 6.07) is 0. The fraction of sp³-hybridized carbons (Fsp3) is 1.00. The number of halogens is 1. The molecule has 0 spiro atoms. The van der Waals surface area contributed by atoms with Crippen molar-refractivity contribution in [2.45, 2.75) is 44.9 Å². The zero-order valence-electron chi connectivity index (χ0n) is 6.61. The van der Waals surface area contributed by atoms with Crippen LogP contribution in [0.5, 0.6) is 0 Å². The van der Waals surface area contributed by atoms with E-state index in [0.29, 0.717) is 0 Å². The smallest absolute Gasteiger partial charge is 0.00313 e. The Morgan fingerprint density at radius 1 is 1.10 bits per heavy atom. The van der Waals surface area contributed by atoms with Gasteiger partial charge >= 0.3 is 0 Å². The van der Waals surface area contributed by atoms with Crippen molar-refractivity contribution < 1.29 is 0 Å². The van der Waals surface area contributed by atoms with E-state index in [2.05, 4.69) is 15.9 Å². The summed E-state index contributed by atoms with van der Waals surface area (Å²) < 4.78 is 0. The molecule has 0 N–H and O–H groups in total. The quantitative estimate of drug-likeness (QED) is 0.484. The van der Waals surface area contributed by atoms with Gasteiger partial charge in [-0.15, -0.1) is 0 Å². The van der Waals surface area contributed by atoms with Crippen molar-refractivity contribution in [2.24, 2.45) is 5.92 Å². The van der Waals surface area contributed by atoms with Crippen LogP contribution in [0.3, 0.4) is 0 Å². The third-order valence-corrected chi connectivity index (χ3v) is 3.03. The summed E-state index contributed by atoms with van der Waals surface area (Å²) in [4.78, 5) is 0. The lowest BCUT2D eigenvalue weighted by molar-refractivity contribution is 0.482. The summed E-state index contributed by atoms with van der Waals surface area (Å²) in [5.74, 6) is 1.10. The maximum atomic E-state index is 3.46. The van der Waals surface area contributed by atoms with E-state index < -0.39 is 0 Å². The SMILES string of the molecule is BrCCCCC1CCCC1. The molecule has 1 aliphatic rings. The largest absolute Gasteiger partial charge is 0.0928 e. The summed E-state index contributed by atoms with van der Waals surface area (Å²) in [7, 11) is 0. The highest BCUT2D eigenvalue weighted by molar-refractivity contribution is 9.09. The zero-order valence-corrected chi connectivity index (χ0v) is 8.20. The topological polar surface area (TPSA) is 0 Å². The third-order valence-electron chi connectivity index (χ3n) is 2.47. The van der Waals surface area contributed by atoms with Crippen molar-refractivity contribution in [3.63, 3.8) is 0 Å². The minimum atomic E-state index is 1.10. The van der Waals surface area contributed by atoms with Gasteiger partial charge in [0.2, 0.25) is 0 Å². The summed E-state index contributed by atoms with van der Waals surface area (Å²) >= 11 is 3.46. The first-order valence-electron chi connectivity index (χ1n) is 4.49. The van der Waals surface area contributed by atoms with Crippen LogP contribution in [-0.4, -0.2) is 5.33 Å². The monoisotopic (exact) mass is 204 g/mol. The van der Waals surface area contributed by atoms with E-state index in [0.717, 1.165) is 5.92 Å². The minimum Gasteiger partial charge on any atom is -0.0928 e. The average molecular weight is 205 g/mol. The second kappa shape index (κ2) is 5.17. The molecule has 0 unspecified atom stereocenters. The van der Waals surface area contributed by atoms with Crippen LogP contribution in [0.2, 0.25) is 0 Å². The van der Waals surface area contributed by atoms with Crippen molar-refractivity contribution in [2.75, 3.05) is 5.33 Å². The van der Waals surface area contributed by atoms with E-state index >= 15 is 0 Å². The van der Waals surface area contributed by atoms with Gasteiger partial charge in [-0.05, 0) is 12.3 Å². The second-order valence-corrected chi connectivity index (χ2v) is 4.13. The molecule has 0 aromatic heterocycles. The Bertz CT molecular complexity index is 74.8. The fourth-order valence-electron chi connectivity index (χ4n) is 1.83. The van der Waals surface area contributed by atoms with Gasteiger partial charge in [0.1, 0.15) is 0 Å². The zero-order chi connectivity index (χ0) is 7.23. The van der Waals surface area contributed by atoms with Crippen LogP contribution in [0.15, 0.2) is 0 Å². The molecule has 0 amide bonds. The van der Waals surface area contributed by atoms with Gasteiger partial charge in [0.05, 0.1) is 0 Å². The maximum absolute atomic E-state index is 3.46. The standard InChI is InChI=1S/C9H17Br/c10-8-4-3-7-9-5-1-2-6-9/h9H,1-8H2. The Labute approximate surface area is 72.5 Å². The normalized spacial score (nSPS) is 20.1. The van der Waals surface area contributed by atoms with Crippen molar-refractivity contribution in [3.8, 4) is 0 Å². The van der Waals surface area contributed by atoms with Gasteiger partial charge in [0, 0.05) is 5.33 Å². The molecule has 0 bridgehead atoms. The predicted octanol–water partition coefficient (Wildman–Crippen LogP) is 3.74. The molecule has 0 aromatic carbocycles. The van der Waals surface area contributed by atoms with Crippen LogP contribution >= 0.6 is 15.9 Å². The first-order chi connectivity index (χ1) is 4.93. The number of hydrogen-bond acceptors (Lipinski definition) is 0. The van der Waals surface area contributed by atoms with Gasteiger partial charge in [-0.1, -0.05) is 54.5 Å². The summed E-state index contributed by atoms with van der Waals surface area (Å²) in [6.45, 7) is 0. The van der Waals surface area contributed by atoms with E-state index in [1.807, 2.05) is 0 Å². The van der Waals surface area contributed by atoms with Gasteiger partial charge in [-0.2, -0.15) is 0 Å². The van der Waals surface area contributed by atoms with Gasteiger partial charge in [0.15, 0.2) is 0 Å². The Hall–Kier alpha value is 0.480. The Morgan fingerprint density at radius 2 is 1.80 bits per heavy atom. The van der Waals surface area contributed by atoms with Gasteiger partial charge in [-0.3, -0.25) is 0 Å². The van der Waals surface area contributed by atoms with Crippen molar-refractivity contribution in [3.05, 3.63) is 0 Å². The molecule has 0 aromatic rings. The molecule has 1 heteroatoms. The fourth-order valence-corrected chi connectivity index (χ4v) is 2.22. The molecule has 10 heavy (non-hydrogen) atoms. The van der Waals surface area contributed by atoms with E-state index in [4.69, 9.17) is 0 Å². The number of hydrogen-bond donors (Lipinski definition) is 0. The molecule has 0 heterocycles. The first kappa shape index (κ1) is 8.58. The lowest BCUT2D eigenvalue weighted by atomic mass is 10.0. The highest BCUT2D eigenvalue weighted by Crippen LogP contribution is 2.28. The lowest BCUT2D eigenvalue weighted by Gasteiger charge is -2.06. The number of alkyl halides is 1. The van der Waals surface area contributed by atoms with Gasteiger partial charge in [-0.25, -0.2) is 0 Å². The molecule has 0 nitrogen and oxygen atoms in total. The van der Waals surface area contributed by atoms with Crippen LogP contribution in [0.25, 0.3) is 0 Å². The Kier molecular flexibility index (Phi) is 4.44. The van der Waals surface area contributed by atoms with Gasteiger partial charge < -0.3 is 0 Å². The predicted molar refractivity (Wildman–Crippen MR) is 49.6 cm³/mol. The van der Waals surface area contributed by atoms with Crippen LogP contribution in [0, 0.1) is 5.92 Å². The Balaban J connectivity index is 1.91. The lowest BCUT2D eigenvalue weighted by Crippen LogP contribution is -1.92. The first-order valence-corrected chi connectivity index (χ1v) is 5.61. The second-order valence-electron chi connectivity index (χ2n) is 3.34. The van der Waals surface area contributed by atoms with Crippen LogP contribution < -0.4 is 0 Å². The van der Waals surface area contributed by atoms with E-state index in [9.17, 15) is 0 Å². The molecule has 1 rings (SSSR count). The average Bonchev–Trinajstić information content (AvgIpc) is 2.41. The van der Waals surface area contributed by atoms with Crippen molar-refractivity contribution >= 4 is 15.9 Å². The highest BCUT2D eigenvalue weighted by Gasteiger charge is 2.13. The third kappa shape index (κ3) is 3.05. The number of rotatable bonds is 4. The van der Waals surface area contributed by atoms with E-state index in [-0.39, 0.29) is 0 Å². The molecule has 0 aliphatic heterocycles. The molecule has 1 aliphatic carbocycles. The molecular formula is C9H17Br. The maximum Gasteiger partial charge on any atom is 0.00313 e. The molecule has 0 saturated heterocycles. The van der Waals surface area contributed by atoms with Crippen molar-refractivity contribution in [1.82, 2.24) is 0 Å². The summed E-state index contributed by atoms with van der Waals surface area (Å²) in [5.41, 5.74) is 0. The molecule has 1 fully saturated rings. The number of unbranched alkanes of at least 4 members (excludes halogenated alkanes) is 1. The van der Waals surface area contributed by atoms with Crippen LogP contribution in [0.4, 0.5) is 0 Å². The van der Waals surface area contributed by atoms with E-state index in [1.165, 1.54) is 50.3 Å². The minimum absolute atomic E-state index is 1.10.